The minimum Gasteiger partial charge on any atom is -0.457 e. The number of nitro groups is 1. The van der Waals surface area contributed by atoms with Crippen molar-refractivity contribution >= 4 is 17.6 Å². The molecule has 1 heterocycles. The third kappa shape index (κ3) is 4.31. The lowest BCUT2D eigenvalue weighted by atomic mass is 10.1. The molecule has 0 unspecified atom stereocenters. The molecule has 2 aromatic rings. The summed E-state index contributed by atoms with van der Waals surface area (Å²) < 4.78 is 5.27. The predicted molar refractivity (Wildman–Crippen MR) is 98.5 cm³/mol. The molecule has 0 atom stereocenters. The van der Waals surface area contributed by atoms with Crippen molar-refractivity contribution in [2.24, 2.45) is 0 Å². The van der Waals surface area contributed by atoms with Crippen LogP contribution in [0, 0.1) is 17.0 Å². The number of nitrogens with zero attached hydrogens (tertiary/aromatic N) is 2. The van der Waals surface area contributed by atoms with E-state index in [4.69, 9.17) is 4.74 Å². The van der Waals surface area contributed by atoms with E-state index in [1.807, 2.05) is 4.90 Å². The summed E-state index contributed by atoms with van der Waals surface area (Å²) >= 11 is 0. The zero-order valence-electron chi connectivity index (χ0n) is 15.0. The Morgan fingerprint density at radius 1 is 1.07 bits per heavy atom. The predicted octanol–water partition coefficient (Wildman–Crippen LogP) is 3.50. The molecule has 0 aliphatic carbocycles. The topological polar surface area (TPSA) is 89.8 Å². The van der Waals surface area contributed by atoms with Crippen molar-refractivity contribution < 1.29 is 19.2 Å². The summed E-state index contributed by atoms with van der Waals surface area (Å²) in [5.74, 6) is -0.525. The molecular formula is C20H20N2O5. The first-order valence-electron chi connectivity index (χ1n) is 8.76. The summed E-state index contributed by atoms with van der Waals surface area (Å²) in [5, 5.41) is 10.8. The van der Waals surface area contributed by atoms with Crippen molar-refractivity contribution in [2.75, 3.05) is 13.1 Å². The number of carbonyl (C=O) groups is 2. The van der Waals surface area contributed by atoms with Gasteiger partial charge in [-0.05, 0) is 49.6 Å². The van der Waals surface area contributed by atoms with Gasteiger partial charge in [0.15, 0.2) is 0 Å². The van der Waals surface area contributed by atoms with Crippen molar-refractivity contribution in [3.8, 4) is 0 Å². The van der Waals surface area contributed by atoms with Gasteiger partial charge >= 0.3 is 5.97 Å². The zero-order chi connectivity index (χ0) is 19.4. The van der Waals surface area contributed by atoms with Crippen LogP contribution in [0.15, 0.2) is 42.5 Å². The maximum absolute atomic E-state index is 12.3. The quantitative estimate of drug-likeness (QED) is 0.458. The van der Waals surface area contributed by atoms with E-state index in [9.17, 15) is 19.7 Å². The van der Waals surface area contributed by atoms with E-state index in [1.54, 1.807) is 31.2 Å². The molecule has 0 radical (unpaired) electrons. The van der Waals surface area contributed by atoms with Crippen LogP contribution in [-0.4, -0.2) is 34.8 Å². The highest BCUT2D eigenvalue weighted by atomic mass is 16.6. The van der Waals surface area contributed by atoms with E-state index < -0.39 is 10.9 Å². The number of rotatable bonds is 5. The number of nitro benzene ring substituents is 1. The average Bonchev–Trinajstić information content (AvgIpc) is 3.20. The summed E-state index contributed by atoms with van der Waals surface area (Å²) in [5.41, 5.74) is 2.01. The largest absolute Gasteiger partial charge is 0.457 e. The zero-order valence-corrected chi connectivity index (χ0v) is 15.0. The monoisotopic (exact) mass is 368 g/mol. The van der Waals surface area contributed by atoms with Crippen molar-refractivity contribution in [1.82, 2.24) is 4.90 Å². The van der Waals surface area contributed by atoms with Crippen LogP contribution in [0.25, 0.3) is 0 Å². The fourth-order valence-electron chi connectivity index (χ4n) is 3.07. The van der Waals surface area contributed by atoms with Crippen LogP contribution in [0.3, 0.4) is 0 Å². The molecule has 2 aromatic carbocycles. The van der Waals surface area contributed by atoms with Crippen LogP contribution in [0.2, 0.25) is 0 Å². The molecule has 27 heavy (non-hydrogen) atoms. The number of hydrogen-bond acceptors (Lipinski definition) is 5. The number of aryl methyl sites for hydroxylation is 1. The number of amides is 1. The number of benzene rings is 2. The SMILES string of the molecule is Cc1cc(C(=O)OCc2ccc(C(=O)N3CCCC3)cc2)ccc1[N+](=O)[O-]. The summed E-state index contributed by atoms with van der Waals surface area (Å²) in [6, 6.07) is 11.1. The summed E-state index contributed by atoms with van der Waals surface area (Å²) in [6.07, 6.45) is 2.09. The fraction of sp³-hybridized carbons (Fsp3) is 0.300. The Morgan fingerprint density at radius 3 is 2.30 bits per heavy atom. The van der Waals surface area contributed by atoms with Crippen LogP contribution >= 0.6 is 0 Å². The lowest BCUT2D eigenvalue weighted by molar-refractivity contribution is -0.385. The lowest BCUT2D eigenvalue weighted by Gasteiger charge is -2.15. The van der Waals surface area contributed by atoms with Gasteiger partial charge in [-0.25, -0.2) is 4.79 Å². The second kappa shape index (κ2) is 7.99. The molecule has 1 fully saturated rings. The molecule has 7 heteroatoms. The van der Waals surface area contributed by atoms with Gasteiger partial charge in [-0.15, -0.1) is 0 Å². The second-order valence-electron chi connectivity index (χ2n) is 6.53. The molecule has 1 aliphatic rings. The van der Waals surface area contributed by atoms with Gasteiger partial charge in [-0.2, -0.15) is 0 Å². The highest BCUT2D eigenvalue weighted by molar-refractivity contribution is 5.94. The lowest BCUT2D eigenvalue weighted by Crippen LogP contribution is -2.27. The van der Waals surface area contributed by atoms with Crippen molar-refractivity contribution in [2.45, 2.75) is 26.4 Å². The van der Waals surface area contributed by atoms with Crippen LogP contribution in [0.4, 0.5) is 5.69 Å². The van der Waals surface area contributed by atoms with Crippen molar-refractivity contribution in [3.05, 3.63) is 74.8 Å². The molecule has 7 nitrogen and oxygen atoms in total. The van der Waals surface area contributed by atoms with Gasteiger partial charge in [0, 0.05) is 30.3 Å². The summed E-state index contributed by atoms with van der Waals surface area (Å²) in [4.78, 5) is 36.6. The number of likely N-dealkylation sites (tertiary alicyclic amines) is 1. The third-order valence-electron chi connectivity index (χ3n) is 4.59. The molecule has 0 aromatic heterocycles. The minimum atomic E-state index is -0.551. The van der Waals surface area contributed by atoms with E-state index in [0.29, 0.717) is 11.1 Å². The van der Waals surface area contributed by atoms with Gasteiger partial charge < -0.3 is 9.64 Å². The summed E-state index contributed by atoms with van der Waals surface area (Å²) in [7, 11) is 0. The molecule has 3 rings (SSSR count). The molecule has 0 saturated carbocycles. The number of esters is 1. The molecule has 0 N–H and O–H groups in total. The first-order valence-corrected chi connectivity index (χ1v) is 8.76. The van der Waals surface area contributed by atoms with E-state index in [1.165, 1.54) is 18.2 Å². The highest BCUT2D eigenvalue weighted by Crippen LogP contribution is 2.20. The second-order valence-corrected chi connectivity index (χ2v) is 6.53. The van der Waals surface area contributed by atoms with Crippen molar-refractivity contribution in [1.29, 1.82) is 0 Å². The normalized spacial score (nSPS) is 13.4. The van der Waals surface area contributed by atoms with E-state index in [-0.39, 0.29) is 23.8 Å². The van der Waals surface area contributed by atoms with Crippen LogP contribution < -0.4 is 0 Å². The van der Waals surface area contributed by atoms with Gasteiger partial charge in [-0.3, -0.25) is 14.9 Å². The Morgan fingerprint density at radius 2 is 1.70 bits per heavy atom. The maximum Gasteiger partial charge on any atom is 0.338 e. The Kier molecular flexibility index (Phi) is 5.49. The number of carbonyl (C=O) groups excluding carboxylic acids is 2. The van der Waals surface area contributed by atoms with Crippen LogP contribution in [0.1, 0.15) is 44.7 Å². The van der Waals surface area contributed by atoms with Gasteiger partial charge in [0.25, 0.3) is 11.6 Å². The Balaban J connectivity index is 1.59. The van der Waals surface area contributed by atoms with Crippen molar-refractivity contribution in [3.63, 3.8) is 0 Å². The van der Waals surface area contributed by atoms with E-state index in [2.05, 4.69) is 0 Å². The molecule has 0 spiro atoms. The smallest absolute Gasteiger partial charge is 0.338 e. The van der Waals surface area contributed by atoms with Gasteiger partial charge in [0.2, 0.25) is 0 Å². The minimum absolute atomic E-state index is 0.0254. The third-order valence-corrected chi connectivity index (χ3v) is 4.59. The Labute approximate surface area is 156 Å². The summed E-state index contributed by atoms with van der Waals surface area (Å²) in [6.45, 7) is 3.23. The first kappa shape index (κ1) is 18.6. The molecule has 0 bridgehead atoms. The number of hydrogen-bond donors (Lipinski definition) is 0. The van der Waals surface area contributed by atoms with Crippen LogP contribution in [0.5, 0.6) is 0 Å². The highest BCUT2D eigenvalue weighted by Gasteiger charge is 2.19. The molecule has 1 aliphatic heterocycles. The van der Waals surface area contributed by atoms with Crippen LogP contribution in [-0.2, 0) is 11.3 Å². The maximum atomic E-state index is 12.3. The van der Waals surface area contributed by atoms with E-state index >= 15 is 0 Å². The molecule has 140 valence electrons. The van der Waals surface area contributed by atoms with Gasteiger partial charge in [0.05, 0.1) is 10.5 Å². The van der Waals surface area contributed by atoms with Gasteiger partial charge in [0.1, 0.15) is 6.61 Å². The fourth-order valence-corrected chi connectivity index (χ4v) is 3.07. The molecular weight excluding hydrogens is 348 g/mol. The Hall–Kier alpha value is -3.22. The molecule has 1 amide bonds. The number of ether oxygens (including phenoxy) is 1. The standard InChI is InChI=1S/C20H20N2O5/c1-14-12-17(8-9-18(14)22(25)26)20(24)27-13-15-4-6-16(7-5-15)19(23)21-10-2-3-11-21/h4-9,12H,2-3,10-11,13H2,1H3. The van der Waals surface area contributed by atoms with E-state index in [0.717, 1.165) is 31.5 Å². The first-order chi connectivity index (χ1) is 13.0. The average molecular weight is 368 g/mol. The van der Waals surface area contributed by atoms with Gasteiger partial charge in [-0.1, -0.05) is 12.1 Å². The molecule has 1 saturated heterocycles. The Bertz CT molecular complexity index is 870.